The number of anilines is 2. The van der Waals surface area contributed by atoms with Crippen molar-refractivity contribution >= 4 is 23.3 Å². The molecule has 0 unspecified atom stereocenters. The summed E-state index contributed by atoms with van der Waals surface area (Å²) in [6.45, 7) is 3.25. The van der Waals surface area contributed by atoms with Crippen LogP contribution in [0.15, 0.2) is 18.2 Å². The Hall–Kier alpha value is -2.04. The average molecular weight is 288 g/mol. The Labute approximate surface area is 124 Å². The Morgan fingerprint density at radius 1 is 1.29 bits per heavy atom. The predicted octanol–water partition coefficient (Wildman–Crippen LogP) is 2.10. The number of aryl methyl sites for hydroxylation is 1. The smallest absolute Gasteiger partial charge is 0.302 e. The molecule has 2 aliphatic heterocycles. The number of nitrogens with one attached hydrogen (secondary N) is 1. The number of nitrogens with zero attached hydrogens (tertiary/aromatic N) is 1. The van der Waals surface area contributed by atoms with Crippen molar-refractivity contribution in [2.45, 2.75) is 38.7 Å². The van der Waals surface area contributed by atoms with Gasteiger partial charge in [-0.2, -0.15) is 0 Å². The van der Waals surface area contributed by atoms with Gasteiger partial charge in [0.15, 0.2) is 0 Å². The predicted molar refractivity (Wildman–Crippen MR) is 80.4 cm³/mol. The third-order valence-electron chi connectivity index (χ3n) is 4.12. The SMILES string of the molecule is CC(=O)OC1CCN(c2ccc3c(c2)CCC(=O)N3)CC1. The van der Waals surface area contributed by atoms with Crippen LogP contribution in [0, 0.1) is 0 Å². The van der Waals surface area contributed by atoms with Gasteiger partial charge >= 0.3 is 5.97 Å². The van der Waals surface area contributed by atoms with Gasteiger partial charge in [0.1, 0.15) is 6.10 Å². The van der Waals surface area contributed by atoms with Crippen molar-refractivity contribution in [1.29, 1.82) is 0 Å². The maximum absolute atomic E-state index is 11.4. The average Bonchev–Trinajstić information content (AvgIpc) is 2.47. The topological polar surface area (TPSA) is 58.6 Å². The molecular weight excluding hydrogens is 268 g/mol. The van der Waals surface area contributed by atoms with Gasteiger partial charge in [-0.25, -0.2) is 0 Å². The van der Waals surface area contributed by atoms with Gasteiger partial charge in [-0.15, -0.1) is 0 Å². The highest BCUT2D eigenvalue weighted by atomic mass is 16.5. The molecule has 112 valence electrons. The molecule has 1 saturated heterocycles. The Morgan fingerprint density at radius 2 is 2.05 bits per heavy atom. The van der Waals surface area contributed by atoms with Crippen LogP contribution in [0.1, 0.15) is 31.7 Å². The van der Waals surface area contributed by atoms with Crippen molar-refractivity contribution < 1.29 is 14.3 Å². The van der Waals surface area contributed by atoms with Crippen LogP contribution in [0.5, 0.6) is 0 Å². The van der Waals surface area contributed by atoms with Gasteiger partial charge < -0.3 is 15.0 Å². The van der Waals surface area contributed by atoms with Crippen molar-refractivity contribution in [2.24, 2.45) is 0 Å². The lowest BCUT2D eigenvalue weighted by Gasteiger charge is -2.33. The van der Waals surface area contributed by atoms with Crippen LogP contribution in [0.2, 0.25) is 0 Å². The minimum Gasteiger partial charge on any atom is -0.462 e. The zero-order valence-corrected chi connectivity index (χ0v) is 12.2. The van der Waals surface area contributed by atoms with E-state index in [1.165, 1.54) is 18.2 Å². The number of piperidine rings is 1. The van der Waals surface area contributed by atoms with E-state index >= 15 is 0 Å². The zero-order valence-electron chi connectivity index (χ0n) is 12.2. The summed E-state index contributed by atoms with van der Waals surface area (Å²) in [4.78, 5) is 24.7. The van der Waals surface area contributed by atoms with E-state index in [0.29, 0.717) is 6.42 Å². The summed E-state index contributed by atoms with van der Waals surface area (Å²) in [6.07, 6.45) is 3.15. The number of hydrogen-bond donors (Lipinski definition) is 1. The zero-order chi connectivity index (χ0) is 14.8. The van der Waals surface area contributed by atoms with E-state index in [9.17, 15) is 9.59 Å². The summed E-state index contributed by atoms with van der Waals surface area (Å²) in [5.41, 5.74) is 3.32. The molecule has 0 saturated carbocycles. The van der Waals surface area contributed by atoms with Crippen LogP contribution >= 0.6 is 0 Å². The highest BCUT2D eigenvalue weighted by Gasteiger charge is 2.22. The Bertz CT molecular complexity index is 563. The van der Waals surface area contributed by atoms with E-state index in [2.05, 4.69) is 22.3 Å². The van der Waals surface area contributed by atoms with Crippen LogP contribution in [-0.4, -0.2) is 31.1 Å². The van der Waals surface area contributed by atoms with Crippen molar-refractivity contribution in [1.82, 2.24) is 0 Å². The van der Waals surface area contributed by atoms with Gasteiger partial charge in [0.05, 0.1) is 0 Å². The molecule has 1 N–H and O–H groups in total. The number of rotatable bonds is 2. The molecule has 1 aromatic carbocycles. The summed E-state index contributed by atoms with van der Waals surface area (Å²) in [7, 11) is 0. The van der Waals surface area contributed by atoms with Crippen molar-refractivity contribution in [2.75, 3.05) is 23.3 Å². The Balaban J connectivity index is 1.66. The normalized spacial score (nSPS) is 18.9. The van der Waals surface area contributed by atoms with Crippen LogP contribution in [-0.2, 0) is 20.7 Å². The number of carbonyl (C=O) groups is 2. The first kappa shape index (κ1) is 13.9. The molecule has 2 heterocycles. The molecule has 1 aromatic rings. The summed E-state index contributed by atoms with van der Waals surface area (Å²) < 4.78 is 5.26. The molecular formula is C16H20N2O3. The number of carbonyl (C=O) groups excluding carboxylic acids is 2. The molecule has 0 aromatic heterocycles. The number of benzene rings is 1. The molecule has 0 bridgehead atoms. The molecule has 5 heteroatoms. The Kier molecular flexibility index (Phi) is 3.82. The van der Waals surface area contributed by atoms with Crippen LogP contribution in [0.3, 0.4) is 0 Å². The number of hydrogen-bond acceptors (Lipinski definition) is 4. The number of esters is 1. The number of ether oxygens (including phenoxy) is 1. The third-order valence-corrected chi connectivity index (χ3v) is 4.12. The van der Waals surface area contributed by atoms with Crippen LogP contribution in [0.25, 0.3) is 0 Å². The molecule has 1 fully saturated rings. The fourth-order valence-electron chi connectivity index (χ4n) is 3.03. The molecule has 21 heavy (non-hydrogen) atoms. The molecule has 0 spiro atoms. The lowest BCUT2D eigenvalue weighted by Crippen LogP contribution is -2.37. The summed E-state index contributed by atoms with van der Waals surface area (Å²) in [5.74, 6) is -0.101. The molecule has 3 rings (SSSR count). The second-order valence-electron chi connectivity index (χ2n) is 5.69. The minimum absolute atomic E-state index is 0.0515. The van der Waals surface area contributed by atoms with Crippen LogP contribution < -0.4 is 10.2 Å². The lowest BCUT2D eigenvalue weighted by molar-refractivity contribution is -0.147. The van der Waals surface area contributed by atoms with Crippen molar-refractivity contribution in [3.8, 4) is 0 Å². The summed E-state index contributed by atoms with van der Waals surface area (Å²) >= 11 is 0. The Morgan fingerprint density at radius 3 is 2.76 bits per heavy atom. The van der Waals surface area contributed by atoms with E-state index in [1.54, 1.807) is 0 Å². The van der Waals surface area contributed by atoms with Crippen molar-refractivity contribution in [3.63, 3.8) is 0 Å². The van der Waals surface area contributed by atoms with Gasteiger partial charge in [0, 0.05) is 50.7 Å². The molecule has 0 atom stereocenters. The molecule has 1 amide bonds. The molecule has 0 radical (unpaired) electrons. The van der Waals surface area contributed by atoms with Crippen molar-refractivity contribution in [3.05, 3.63) is 23.8 Å². The van der Waals surface area contributed by atoms with Crippen LogP contribution in [0.4, 0.5) is 11.4 Å². The van der Waals surface area contributed by atoms with Gasteiger partial charge in [0.25, 0.3) is 0 Å². The van der Waals surface area contributed by atoms with E-state index in [0.717, 1.165) is 38.0 Å². The minimum atomic E-state index is -0.196. The van der Waals surface area contributed by atoms with E-state index in [4.69, 9.17) is 4.74 Å². The third kappa shape index (κ3) is 3.17. The highest BCUT2D eigenvalue weighted by molar-refractivity contribution is 5.94. The maximum atomic E-state index is 11.4. The first-order chi connectivity index (χ1) is 10.1. The quantitative estimate of drug-likeness (QED) is 0.847. The fraction of sp³-hybridized carbons (Fsp3) is 0.500. The van der Waals surface area contributed by atoms with E-state index in [-0.39, 0.29) is 18.0 Å². The van der Waals surface area contributed by atoms with Gasteiger partial charge in [-0.1, -0.05) is 0 Å². The highest BCUT2D eigenvalue weighted by Crippen LogP contribution is 2.29. The van der Waals surface area contributed by atoms with E-state index in [1.807, 2.05) is 6.07 Å². The van der Waals surface area contributed by atoms with Gasteiger partial charge in [0.2, 0.25) is 5.91 Å². The maximum Gasteiger partial charge on any atom is 0.302 e. The first-order valence-electron chi connectivity index (χ1n) is 7.47. The largest absolute Gasteiger partial charge is 0.462 e. The summed E-state index contributed by atoms with van der Waals surface area (Å²) in [6, 6.07) is 6.21. The monoisotopic (exact) mass is 288 g/mol. The first-order valence-corrected chi connectivity index (χ1v) is 7.47. The molecule has 5 nitrogen and oxygen atoms in total. The lowest BCUT2D eigenvalue weighted by atomic mass is 10.0. The molecule has 2 aliphatic rings. The van der Waals surface area contributed by atoms with Gasteiger partial charge in [-0.05, 0) is 30.2 Å². The second kappa shape index (κ2) is 5.76. The number of amides is 1. The second-order valence-corrected chi connectivity index (χ2v) is 5.69. The fourth-order valence-corrected chi connectivity index (χ4v) is 3.03. The van der Waals surface area contributed by atoms with E-state index < -0.39 is 0 Å². The molecule has 0 aliphatic carbocycles. The standard InChI is InChI=1S/C16H20N2O3/c1-11(19)21-14-6-8-18(9-7-14)13-3-4-15-12(10-13)2-5-16(20)17-15/h3-4,10,14H,2,5-9H2,1H3,(H,17,20). The summed E-state index contributed by atoms with van der Waals surface area (Å²) in [5, 5.41) is 2.90. The number of fused-ring (bicyclic) bond motifs is 1. The van der Waals surface area contributed by atoms with Gasteiger partial charge in [-0.3, -0.25) is 9.59 Å².